The second kappa shape index (κ2) is 6.64. The first-order chi connectivity index (χ1) is 9.69. The molecule has 1 aromatic carbocycles. The molecule has 8 nitrogen and oxygen atoms in total. The zero-order chi connectivity index (χ0) is 16.2. The zero-order valence-corrected chi connectivity index (χ0v) is 12.4. The summed E-state index contributed by atoms with van der Waals surface area (Å²) in [6.07, 6.45) is -0.0663. The first kappa shape index (κ1) is 17.1. The summed E-state index contributed by atoms with van der Waals surface area (Å²) < 4.78 is 26.8. The van der Waals surface area contributed by atoms with Gasteiger partial charge in [0, 0.05) is 17.7 Å². The number of nitro groups is 1. The number of carboxylic acid groups (broad SMARTS) is 1. The monoisotopic (exact) mass is 316 g/mol. The molecule has 0 aromatic heterocycles. The normalized spacial score (nSPS) is 12.9. The van der Waals surface area contributed by atoms with Crippen LogP contribution in [0.15, 0.2) is 23.1 Å². The maximum absolute atomic E-state index is 12.3. The number of sulfonamides is 1. The highest BCUT2D eigenvalue weighted by atomic mass is 32.2. The Balaban J connectivity index is 3.16. The van der Waals surface area contributed by atoms with Crippen molar-refractivity contribution >= 4 is 21.7 Å². The second-order valence-corrected chi connectivity index (χ2v) is 6.16. The Morgan fingerprint density at radius 3 is 2.57 bits per heavy atom. The van der Waals surface area contributed by atoms with Gasteiger partial charge in [0.1, 0.15) is 0 Å². The minimum absolute atomic E-state index is 0.0141. The van der Waals surface area contributed by atoms with E-state index in [9.17, 15) is 23.3 Å². The third kappa shape index (κ3) is 4.23. The van der Waals surface area contributed by atoms with E-state index < -0.39 is 27.0 Å². The van der Waals surface area contributed by atoms with Crippen molar-refractivity contribution in [3.63, 3.8) is 0 Å². The molecule has 0 aliphatic heterocycles. The fourth-order valence-corrected chi connectivity index (χ4v) is 3.44. The van der Waals surface area contributed by atoms with Crippen molar-refractivity contribution in [1.82, 2.24) is 4.72 Å². The van der Waals surface area contributed by atoms with Crippen LogP contribution in [-0.2, 0) is 14.8 Å². The molecule has 9 heteroatoms. The maximum atomic E-state index is 12.3. The highest BCUT2D eigenvalue weighted by Gasteiger charge is 2.25. The molecule has 1 atom stereocenters. The van der Waals surface area contributed by atoms with Crippen molar-refractivity contribution < 1.29 is 23.2 Å². The van der Waals surface area contributed by atoms with Gasteiger partial charge in [-0.25, -0.2) is 13.1 Å². The summed E-state index contributed by atoms with van der Waals surface area (Å²) in [4.78, 5) is 20.6. The summed E-state index contributed by atoms with van der Waals surface area (Å²) in [5.41, 5.74) is -0.288. The largest absolute Gasteiger partial charge is 0.481 e. The number of hydrogen-bond acceptors (Lipinski definition) is 5. The molecule has 0 saturated heterocycles. The molecule has 0 bridgehead atoms. The predicted octanol–water partition coefficient (Wildman–Crippen LogP) is 1.43. The number of carbonyl (C=O) groups is 1. The van der Waals surface area contributed by atoms with Crippen molar-refractivity contribution in [2.45, 2.75) is 37.6 Å². The molecule has 0 spiro atoms. The third-order valence-corrected chi connectivity index (χ3v) is 4.64. The lowest BCUT2D eigenvalue weighted by molar-refractivity contribution is -0.385. The lowest BCUT2D eigenvalue weighted by Crippen LogP contribution is -2.36. The number of benzene rings is 1. The van der Waals surface area contributed by atoms with Crippen LogP contribution >= 0.6 is 0 Å². The molecular weight excluding hydrogens is 300 g/mol. The third-order valence-electron chi connectivity index (χ3n) is 2.98. The zero-order valence-electron chi connectivity index (χ0n) is 11.6. The van der Waals surface area contributed by atoms with Crippen LogP contribution in [0.25, 0.3) is 0 Å². The second-order valence-electron chi connectivity index (χ2n) is 4.48. The Morgan fingerprint density at radius 2 is 2.10 bits per heavy atom. The molecule has 1 unspecified atom stereocenters. The highest BCUT2D eigenvalue weighted by molar-refractivity contribution is 7.89. The fourth-order valence-electron chi connectivity index (χ4n) is 1.85. The standard InChI is InChI=1S/C12H16N2O6S/c1-3-9(7-12(15)16)13-21(19,20)11-6-4-5-10(8(11)2)14(17)18/h4-6,9,13H,3,7H2,1-2H3,(H,15,16). The van der Waals surface area contributed by atoms with Gasteiger partial charge < -0.3 is 5.11 Å². The number of hydrogen-bond donors (Lipinski definition) is 2. The van der Waals surface area contributed by atoms with Gasteiger partial charge in [0.05, 0.1) is 16.2 Å². The molecule has 0 radical (unpaired) electrons. The summed E-state index contributed by atoms with van der Waals surface area (Å²) in [6.45, 7) is 2.99. The average molecular weight is 316 g/mol. The van der Waals surface area contributed by atoms with Crippen LogP contribution in [0, 0.1) is 17.0 Å². The summed E-state index contributed by atoms with van der Waals surface area (Å²) in [6, 6.07) is 2.96. The summed E-state index contributed by atoms with van der Waals surface area (Å²) in [5, 5.41) is 19.6. The number of rotatable bonds is 7. The van der Waals surface area contributed by atoms with E-state index in [2.05, 4.69) is 4.72 Å². The van der Waals surface area contributed by atoms with Crippen LogP contribution in [0.2, 0.25) is 0 Å². The number of nitrogens with one attached hydrogen (secondary N) is 1. The van der Waals surface area contributed by atoms with Crippen LogP contribution < -0.4 is 4.72 Å². The van der Waals surface area contributed by atoms with E-state index >= 15 is 0 Å². The molecule has 2 N–H and O–H groups in total. The Bertz CT molecular complexity index is 656. The SMILES string of the molecule is CCC(CC(=O)O)NS(=O)(=O)c1cccc([N+](=O)[O-])c1C. The van der Waals surface area contributed by atoms with Crippen molar-refractivity contribution in [2.75, 3.05) is 0 Å². The molecule has 0 heterocycles. The Labute approximate surface area is 122 Å². The van der Waals surface area contributed by atoms with Gasteiger partial charge in [-0.3, -0.25) is 14.9 Å². The average Bonchev–Trinajstić information content (AvgIpc) is 2.36. The van der Waals surface area contributed by atoms with Gasteiger partial charge in [0.2, 0.25) is 10.0 Å². The summed E-state index contributed by atoms with van der Waals surface area (Å²) in [5.74, 6) is -1.12. The first-order valence-electron chi connectivity index (χ1n) is 6.17. The van der Waals surface area contributed by atoms with E-state index in [1.54, 1.807) is 6.92 Å². The van der Waals surface area contributed by atoms with Gasteiger partial charge in [-0.05, 0) is 19.4 Å². The van der Waals surface area contributed by atoms with Crippen molar-refractivity contribution in [2.24, 2.45) is 0 Å². The van der Waals surface area contributed by atoms with Gasteiger partial charge in [-0.15, -0.1) is 0 Å². The molecule has 0 aliphatic rings. The van der Waals surface area contributed by atoms with Gasteiger partial charge >= 0.3 is 5.97 Å². The molecule has 116 valence electrons. The minimum atomic E-state index is -4.02. The number of aliphatic carboxylic acids is 1. The Kier molecular flexibility index (Phi) is 5.39. The molecule has 21 heavy (non-hydrogen) atoms. The van der Waals surface area contributed by atoms with E-state index in [-0.39, 0.29) is 22.6 Å². The van der Waals surface area contributed by atoms with Crippen molar-refractivity contribution in [1.29, 1.82) is 0 Å². The van der Waals surface area contributed by atoms with Gasteiger partial charge in [0.15, 0.2) is 0 Å². The molecule has 0 fully saturated rings. The van der Waals surface area contributed by atoms with Crippen LogP contribution in [0.3, 0.4) is 0 Å². The van der Waals surface area contributed by atoms with Crippen molar-refractivity contribution in [3.8, 4) is 0 Å². The van der Waals surface area contributed by atoms with Crippen molar-refractivity contribution in [3.05, 3.63) is 33.9 Å². The van der Waals surface area contributed by atoms with Crippen LogP contribution in [0.1, 0.15) is 25.3 Å². The maximum Gasteiger partial charge on any atom is 0.304 e. The van der Waals surface area contributed by atoms with Crippen LogP contribution in [0.5, 0.6) is 0 Å². The molecule has 1 rings (SSSR count). The lowest BCUT2D eigenvalue weighted by atomic mass is 10.2. The van der Waals surface area contributed by atoms with Gasteiger partial charge in [-0.2, -0.15) is 0 Å². The van der Waals surface area contributed by atoms with Gasteiger partial charge in [-0.1, -0.05) is 13.0 Å². The first-order valence-corrected chi connectivity index (χ1v) is 7.65. The molecule has 0 aliphatic carbocycles. The number of nitrogens with zero attached hydrogens (tertiary/aromatic N) is 1. The molecule has 0 amide bonds. The molecule has 1 aromatic rings. The van der Waals surface area contributed by atoms with E-state index in [1.165, 1.54) is 25.1 Å². The van der Waals surface area contributed by atoms with E-state index in [0.717, 1.165) is 0 Å². The van der Waals surface area contributed by atoms with E-state index in [4.69, 9.17) is 5.11 Å². The topological polar surface area (TPSA) is 127 Å². The quantitative estimate of drug-likeness (QED) is 0.579. The summed E-state index contributed by atoms with van der Waals surface area (Å²) in [7, 11) is -4.02. The highest BCUT2D eigenvalue weighted by Crippen LogP contribution is 2.25. The molecule has 0 saturated carbocycles. The van der Waals surface area contributed by atoms with E-state index in [1.807, 2.05) is 0 Å². The summed E-state index contributed by atoms with van der Waals surface area (Å²) >= 11 is 0. The van der Waals surface area contributed by atoms with Crippen LogP contribution in [0.4, 0.5) is 5.69 Å². The van der Waals surface area contributed by atoms with Gasteiger partial charge in [0.25, 0.3) is 5.69 Å². The fraction of sp³-hybridized carbons (Fsp3) is 0.417. The Hall–Kier alpha value is -2.00. The predicted molar refractivity (Wildman–Crippen MR) is 74.5 cm³/mol. The van der Waals surface area contributed by atoms with Crippen LogP contribution in [-0.4, -0.2) is 30.5 Å². The minimum Gasteiger partial charge on any atom is -0.481 e. The number of carboxylic acids is 1. The number of nitro benzene ring substituents is 1. The van der Waals surface area contributed by atoms with E-state index in [0.29, 0.717) is 6.42 Å². The smallest absolute Gasteiger partial charge is 0.304 e. The Morgan fingerprint density at radius 1 is 1.48 bits per heavy atom. The molecular formula is C12H16N2O6S. The lowest BCUT2D eigenvalue weighted by Gasteiger charge is -2.16.